The van der Waals surface area contributed by atoms with Crippen LogP contribution in [0.15, 0.2) is 21.5 Å². The molecule has 0 radical (unpaired) electrons. The first-order chi connectivity index (χ1) is 8.90. The van der Waals surface area contributed by atoms with Gasteiger partial charge in [-0.25, -0.2) is 8.42 Å². The second kappa shape index (κ2) is 5.35. The standard InChI is InChI=1S/C10H10BrNO6S/c11-6-3-7-8(18-2-1-17-7)4-9(6)19(15,16)12-5-10(13)14/h3-4,12H,1-2,5H2,(H,13,14). The predicted molar refractivity (Wildman–Crippen MR) is 68.0 cm³/mol. The zero-order valence-corrected chi connectivity index (χ0v) is 12.0. The molecular formula is C10H10BrNO6S. The van der Waals surface area contributed by atoms with Crippen molar-refractivity contribution in [1.29, 1.82) is 0 Å². The summed E-state index contributed by atoms with van der Waals surface area (Å²) >= 11 is 3.12. The van der Waals surface area contributed by atoms with Crippen LogP contribution in [0.1, 0.15) is 0 Å². The van der Waals surface area contributed by atoms with Crippen molar-refractivity contribution >= 4 is 31.9 Å². The number of fused-ring (bicyclic) bond motifs is 1. The molecule has 0 aliphatic carbocycles. The summed E-state index contributed by atoms with van der Waals surface area (Å²) in [6, 6.07) is 2.77. The Labute approximate surface area is 117 Å². The SMILES string of the molecule is O=C(O)CNS(=O)(=O)c1cc2c(cc1Br)OCCO2. The van der Waals surface area contributed by atoms with Crippen molar-refractivity contribution < 1.29 is 27.8 Å². The van der Waals surface area contributed by atoms with Crippen LogP contribution in [0, 0.1) is 0 Å². The van der Waals surface area contributed by atoms with E-state index in [2.05, 4.69) is 15.9 Å². The Bertz CT molecular complexity index is 615. The van der Waals surface area contributed by atoms with E-state index in [1.54, 1.807) is 0 Å². The molecule has 1 aliphatic rings. The number of hydrogen-bond donors (Lipinski definition) is 2. The van der Waals surface area contributed by atoms with Crippen molar-refractivity contribution in [2.75, 3.05) is 19.8 Å². The number of halogens is 1. The highest BCUT2D eigenvalue weighted by molar-refractivity contribution is 9.10. The monoisotopic (exact) mass is 351 g/mol. The molecule has 2 rings (SSSR count). The van der Waals surface area contributed by atoms with Gasteiger partial charge in [0.05, 0.1) is 0 Å². The first kappa shape index (κ1) is 14.1. The lowest BCUT2D eigenvalue weighted by Crippen LogP contribution is -2.29. The Hall–Kier alpha value is -1.32. The van der Waals surface area contributed by atoms with Crippen molar-refractivity contribution in [2.45, 2.75) is 4.90 Å². The maximum atomic E-state index is 11.9. The van der Waals surface area contributed by atoms with E-state index in [-0.39, 0.29) is 9.37 Å². The summed E-state index contributed by atoms with van der Waals surface area (Å²) in [7, 11) is -3.93. The lowest BCUT2D eigenvalue weighted by atomic mass is 10.3. The molecule has 0 aromatic heterocycles. The van der Waals surface area contributed by atoms with Gasteiger partial charge in [0.2, 0.25) is 10.0 Å². The maximum absolute atomic E-state index is 11.9. The van der Waals surface area contributed by atoms with Gasteiger partial charge in [0.15, 0.2) is 11.5 Å². The first-order valence-corrected chi connectivity index (χ1v) is 7.48. The molecule has 0 saturated heterocycles. The molecule has 0 amide bonds. The Balaban J connectivity index is 2.36. The Morgan fingerprint density at radius 1 is 1.32 bits per heavy atom. The minimum atomic E-state index is -3.93. The number of ether oxygens (including phenoxy) is 2. The molecule has 7 nitrogen and oxygen atoms in total. The van der Waals surface area contributed by atoms with Crippen LogP contribution in [-0.2, 0) is 14.8 Å². The molecule has 1 aliphatic heterocycles. The average molecular weight is 352 g/mol. The third-order valence-electron chi connectivity index (χ3n) is 2.30. The lowest BCUT2D eigenvalue weighted by molar-refractivity contribution is -0.135. The summed E-state index contributed by atoms with van der Waals surface area (Å²) in [5.74, 6) is -0.516. The molecule has 1 aromatic rings. The Kier molecular flexibility index (Phi) is 3.97. The van der Waals surface area contributed by atoms with Gasteiger partial charge in [-0.15, -0.1) is 0 Å². The maximum Gasteiger partial charge on any atom is 0.318 e. The molecule has 0 spiro atoms. The number of aliphatic carboxylic acids is 1. The van der Waals surface area contributed by atoms with Gasteiger partial charge >= 0.3 is 5.97 Å². The summed E-state index contributed by atoms with van der Waals surface area (Å²) in [6.07, 6.45) is 0. The summed E-state index contributed by atoms with van der Waals surface area (Å²) in [5, 5.41) is 8.50. The molecule has 104 valence electrons. The summed E-state index contributed by atoms with van der Waals surface area (Å²) in [4.78, 5) is 10.3. The molecule has 1 aromatic carbocycles. The minimum Gasteiger partial charge on any atom is -0.486 e. The second-order valence-electron chi connectivity index (χ2n) is 3.64. The topological polar surface area (TPSA) is 102 Å². The molecule has 0 bridgehead atoms. The Morgan fingerprint density at radius 2 is 1.89 bits per heavy atom. The van der Waals surface area contributed by atoms with Gasteiger partial charge in [0.1, 0.15) is 24.7 Å². The second-order valence-corrected chi connectivity index (χ2v) is 6.23. The van der Waals surface area contributed by atoms with Gasteiger partial charge in [0.25, 0.3) is 0 Å². The van der Waals surface area contributed by atoms with E-state index in [1.807, 2.05) is 4.72 Å². The molecule has 2 N–H and O–H groups in total. The fourth-order valence-corrected chi connectivity index (χ4v) is 3.49. The number of sulfonamides is 1. The minimum absolute atomic E-state index is 0.0991. The van der Waals surface area contributed by atoms with Gasteiger partial charge in [-0.3, -0.25) is 4.79 Å². The van der Waals surface area contributed by atoms with E-state index < -0.39 is 22.5 Å². The third-order valence-corrected chi connectivity index (χ3v) is 4.66. The van der Waals surface area contributed by atoms with Crippen LogP contribution in [0.25, 0.3) is 0 Å². The number of nitrogens with one attached hydrogen (secondary N) is 1. The van der Waals surface area contributed by atoms with Gasteiger partial charge in [-0.05, 0) is 22.0 Å². The van der Waals surface area contributed by atoms with E-state index in [4.69, 9.17) is 14.6 Å². The molecular weight excluding hydrogens is 342 g/mol. The largest absolute Gasteiger partial charge is 0.486 e. The smallest absolute Gasteiger partial charge is 0.318 e. The zero-order chi connectivity index (χ0) is 14.0. The molecule has 19 heavy (non-hydrogen) atoms. The van der Waals surface area contributed by atoms with Crippen molar-refractivity contribution in [3.8, 4) is 11.5 Å². The lowest BCUT2D eigenvalue weighted by Gasteiger charge is -2.19. The van der Waals surface area contributed by atoms with Crippen LogP contribution in [0.4, 0.5) is 0 Å². The van der Waals surface area contributed by atoms with Crippen molar-refractivity contribution in [3.63, 3.8) is 0 Å². The highest BCUT2D eigenvalue weighted by atomic mass is 79.9. The van der Waals surface area contributed by atoms with Crippen LogP contribution < -0.4 is 14.2 Å². The molecule has 1 heterocycles. The van der Waals surface area contributed by atoms with Crippen LogP contribution in [0.5, 0.6) is 11.5 Å². The Morgan fingerprint density at radius 3 is 2.47 bits per heavy atom. The van der Waals surface area contributed by atoms with Crippen molar-refractivity contribution in [2.24, 2.45) is 0 Å². The van der Waals surface area contributed by atoms with E-state index in [1.165, 1.54) is 12.1 Å². The molecule has 9 heteroatoms. The van der Waals surface area contributed by atoms with E-state index in [0.29, 0.717) is 24.7 Å². The fraction of sp³-hybridized carbons (Fsp3) is 0.300. The van der Waals surface area contributed by atoms with Crippen LogP contribution in [-0.4, -0.2) is 39.3 Å². The van der Waals surface area contributed by atoms with Crippen molar-refractivity contribution in [1.82, 2.24) is 4.72 Å². The zero-order valence-electron chi connectivity index (χ0n) is 9.55. The number of benzene rings is 1. The summed E-state index contributed by atoms with van der Waals surface area (Å²) < 4.78 is 36.7. The van der Waals surface area contributed by atoms with E-state index in [0.717, 1.165) is 0 Å². The number of carboxylic acids is 1. The molecule has 0 fully saturated rings. The van der Waals surface area contributed by atoms with Gasteiger partial charge in [-0.2, -0.15) is 4.72 Å². The predicted octanol–water partition coefficient (Wildman–Crippen LogP) is 0.583. The number of carbonyl (C=O) groups is 1. The van der Waals surface area contributed by atoms with Gasteiger partial charge in [0, 0.05) is 10.5 Å². The van der Waals surface area contributed by atoms with Crippen LogP contribution in [0.2, 0.25) is 0 Å². The quantitative estimate of drug-likeness (QED) is 0.822. The molecule has 0 unspecified atom stereocenters. The number of rotatable bonds is 4. The van der Waals surface area contributed by atoms with E-state index in [9.17, 15) is 13.2 Å². The highest BCUT2D eigenvalue weighted by Crippen LogP contribution is 2.37. The normalized spacial score (nSPS) is 14.2. The fourth-order valence-electron chi connectivity index (χ4n) is 1.49. The van der Waals surface area contributed by atoms with Gasteiger partial charge in [-0.1, -0.05) is 0 Å². The van der Waals surface area contributed by atoms with Gasteiger partial charge < -0.3 is 14.6 Å². The van der Waals surface area contributed by atoms with Crippen molar-refractivity contribution in [3.05, 3.63) is 16.6 Å². The van der Waals surface area contributed by atoms with Crippen LogP contribution >= 0.6 is 15.9 Å². The average Bonchev–Trinajstić information content (AvgIpc) is 2.35. The highest BCUT2D eigenvalue weighted by Gasteiger charge is 2.23. The van der Waals surface area contributed by atoms with Crippen LogP contribution in [0.3, 0.4) is 0 Å². The first-order valence-electron chi connectivity index (χ1n) is 5.21. The third kappa shape index (κ3) is 3.17. The summed E-state index contributed by atoms with van der Waals surface area (Å²) in [6.45, 7) is 0.0304. The van der Waals surface area contributed by atoms with E-state index >= 15 is 0 Å². The molecule has 0 saturated carbocycles. The number of hydrogen-bond acceptors (Lipinski definition) is 5. The molecule has 0 atom stereocenters. The summed E-state index contributed by atoms with van der Waals surface area (Å²) in [5.41, 5.74) is 0. The number of carboxylic acid groups (broad SMARTS) is 1.